The number of nitrogens with zero attached hydrogens (tertiary/aromatic N) is 1. The predicted octanol–water partition coefficient (Wildman–Crippen LogP) is -0.632. The first-order valence-electron chi connectivity index (χ1n) is 6.38. The normalized spacial score (nSPS) is 17.8. The molecule has 1 aliphatic heterocycles. The van der Waals surface area contributed by atoms with Gasteiger partial charge in [0.15, 0.2) is 6.54 Å². The molecular weight excluding hydrogens is 337 g/mol. The van der Waals surface area contributed by atoms with Crippen molar-refractivity contribution < 1.29 is 18.1 Å². The molecule has 0 bridgehead atoms. The van der Waals surface area contributed by atoms with Crippen molar-refractivity contribution in [2.45, 2.75) is 4.90 Å². The van der Waals surface area contributed by atoms with E-state index in [-0.39, 0.29) is 22.4 Å². The quantitative estimate of drug-likeness (QED) is 0.756. The molecule has 1 saturated heterocycles. The highest BCUT2D eigenvalue weighted by atomic mass is 35.5. The Balaban J connectivity index is 2.15. The van der Waals surface area contributed by atoms with E-state index in [1.807, 2.05) is 0 Å². The SMILES string of the molecule is NC(=O)C[NH+]1CCN(S(=O)(=O)c2cc(Cl)ccc2Cl)CC1. The minimum absolute atomic E-state index is 0.00928. The first-order chi connectivity index (χ1) is 9.80. The van der Waals surface area contributed by atoms with Gasteiger partial charge in [-0.1, -0.05) is 23.2 Å². The van der Waals surface area contributed by atoms with E-state index in [9.17, 15) is 13.2 Å². The maximum absolute atomic E-state index is 12.6. The Hall–Kier alpha value is -0.860. The average molecular weight is 353 g/mol. The van der Waals surface area contributed by atoms with Crippen LogP contribution < -0.4 is 10.6 Å². The Morgan fingerprint density at radius 2 is 1.90 bits per heavy atom. The number of benzene rings is 1. The Bertz CT molecular complexity index is 643. The van der Waals surface area contributed by atoms with Gasteiger partial charge in [-0.2, -0.15) is 4.31 Å². The van der Waals surface area contributed by atoms with Crippen molar-refractivity contribution in [1.29, 1.82) is 0 Å². The van der Waals surface area contributed by atoms with Gasteiger partial charge >= 0.3 is 0 Å². The molecule has 0 aromatic heterocycles. The number of sulfonamides is 1. The molecule has 6 nitrogen and oxygen atoms in total. The summed E-state index contributed by atoms with van der Waals surface area (Å²) in [7, 11) is -3.68. The van der Waals surface area contributed by atoms with Crippen LogP contribution in [0.2, 0.25) is 10.0 Å². The van der Waals surface area contributed by atoms with Crippen LogP contribution in [-0.2, 0) is 14.8 Å². The van der Waals surface area contributed by atoms with E-state index < -0.39 is 10.0 Å². The lowest BCUT2D eigenvalue weighted by Gasteiger charge is -2.31. The summed E-state index contributed by atoms with van der Waals surface area (Å²) in [5, 5.41) is 0.460. The minimum Gasteiger partial charge on any atom is -0.365 e. The third kappa shape index (κ3) is 3.87. The molecule has 0 aliphatic carbocycles. The fourth-order valence-electron chi connectivity index (χ4n) is 2.28. The summed E-state index contributed by atoms with van der Waals surface area (Å²) in [4.78, 5) is 11.9. The van der Waals surface area contributed by atoms with Crippen LogP contribution in [0, 0.1) is 0 Å². The Morgan fingerprint density at radius 1 is 1.29 bits per heavy atom. The number of nitrogens with two attached hydrogens (primary N) is 1. The highest BCUT2D eigenvalue weighted by Gasteiger charge is 2.32. The molecule has 9 heteroatoms. The van der Waals surface area contributed by atoms with Gasteiger partial charge in [0.2, 0.25) is 10.0 Å². The number of carbonyl (C=O) groups is 1. The van der Waals surface area contributed by atoms with Crippen molar-refractivity contribution in [3.8, 4) is 0 Å². The second-order valence-electron chi connectivity index (χ2n) is 4.87. The minimum atomic E-state index is -3.68. The van der Waals surface area contributed by atoms with Crippen LogP contribution in [0.25, 0.3) is 0 Å². The molecule has 3 N–H and O–H groups in total. The number of amides is 1. The van der Waals surface area contributed by atoms with Crippen molar-refractivity contribution in [3.63, 3.8) is 0 Å². The fourth-order valence-corrected chi connectivity index (χ4v) is 4.46. The molecule has 0 saturated carbocycles. The van der Waals surface area contributed by atoms with Crippen LogP contribution in [0.4, 0.5) is 0 Å². The molecule has 1 heterocycles. The molecule has 1 aliphatic rings. The number of hydrogen-bond donors (Lipinski definition) is 2. The van der Waals surface area contributed by atoms with Gasteiger partial charge in [0.1, 0.15) is 4.90 Å². The van der Waals surface area contributed by atoms with Gasteiger partial charge in [-0.3, -0.25) is 4.79 Å². The van der Waals surface area contributed by atoms with Gasteiger partial charge in [-0.15, -0.1) is 0 Å². The Labute approximate surface area is 133 Å². The molecule has 116 valence electrons. The van der Waals surface area contributed by atoms with Gasteiger partial charge in [0.05, 0.1) is 31.2 Å². The zero-order chi connectivity index (χ0) is 15.6. The predicted molar refractivity (Wildman–Crippen MR) is 80.0 cm³/mol. The smallest absolute Gasteiger partial charge is 0.272 e. The zero-order valence-corrected chi connectivity index (χ0v) is 13.5. The number of hydrogen-bond acceptors (Lipinski definition) is 3. The summed E-state index contributed by atoms with van der Waals surface area (Å²) in [6.45, 7) is 1.90. The van der Waals surface area contributed by atoms with Gasteiger partial charge in [0.25, 0.3) is 5.91 Å². The van der Waals surface area contributed by atoms with Crippen LogP contribution in [0.1, 0.15) is 0 Å². The number of piperazine rings is 1. The summed E-state index contributed by atoms with van der Waals surface area (Å²) in [5.41, 5.74) is 5.15. The van der Waals surface area contributed by atoms with E-state index in [4.69, 9.17) is 28.9 Å². The average Bonchev–Trinajstić information content (AvgIpc) is 2.41. The van der Waals surface area contributed by atoms with Gasteiger partial charge in [-0.05, 0) is 18.2 Å². The Morgan fingerprint density at radius 3 is 2.48 bits per heavy atom. The zero-order valence-electron chi connectivity index (χ0n) is 11.2. The molecule has 1 amide bonds. The molecule has 1 aromatic rings. The largest absolute Gasteiger partial charge is 0.365 e. The Kier molecular flexibility index (Phi) is 5.11. The number of primary amides is 1. The van der Waals surface area contributed by atoms with Crippen molar-refractivity contribution >= 4 is 39.1 Å². The first-order valence-corrected chi connectivity index (χ1v) is 8.57. The second kappa shape index (κ2) is 6.50. The highest BCUT2D eigenvalue weighted by Crippen LogP contribution is 2.27. The van der Waals surface area contributed by atoms with E-state index in [1.54, 1.807) is 0 Å². The van der Waals surface area contributed by atoms with Gasteiger partial charge < -0.3 is 10.6 Å². The number of quaternary nitrogens is 1. The molecule has 0 atom stereocenters. The number of halogens is 2. The number of rotatable bonds is 4. The van der Waals surface area contributed by atoms with Crippen molar-refractivity contribution in [2.75, 3.05) is 32.7 Å². The standard InChI is InChI=1S/C12H15Cl2N3O3S/c13-9-1-2-10(14)11(7-9)21(19,20)17-5-3-16(4-6-17)8-12(15)18/h1-2,7H,3-6,8H2,(H2,15,18)/p+1. The highest BCUT2D eigenvalue weighted by molar-refractivity contribution is 7.89. The maximum atomic E-state index is 12.6. The monoisotopic (exact) mass is 352 g/mol. The van der Waals surface area contributed by atoms with E-state index in [1.165, 1.54) is 22.5 Å². The lowest BCUT2D eigenvalue weighted by atomic mass is 10.3. The first kappa shape index (κ1) is 16.5. The van der Waals surface area contributed by atoms with E-state index in [2.05, 4.69) is 0 Å². The van der Waals surface area contributed by atoms with Gasteiger partial charge in [-0.25, -0.2) is 8.42 Å². The molecule has 0 radical (unpaired) electrons. The molecule has 21 heavy (non-hydrogen) atoms. The summed E-state index contributed by atoms with van der Waals surface area (Å²) >= 11 is 11.8. The summed E-state index contributed by atoms with van der Waals surface area (Å²) < 4.78 is 26.5. The van der Waals surface area contributed by atoms with Gasteiger partial charge in [0, 0.05) is 5.02 Å². The van der Waals surface area contributed by atoms with E-state index >= 15 is 0 Å². The topological polar surface area (TPSA) is 84.9 Å². The number of nitrogens with one attached hydrogen (secondary N) is 1. The van der Waals surface area contributed by atoms with Crippen molar-refractivity contribution in [2.24, 2.45) is 5.73 Å². The summed E-state index contributed by atoms with van der Waals surface area (Å²) in [6.07, 6.45) is 0. The van der Waals surface area contributed by atoms with Crippen molar-refractivity contribution in [1.82, 2.24) is 4.31 Å². The van der Waals surface area contributed by atoms with Crippen LogP contribution in [0.3, 0.4) is 0 Å². The third-order valence-electron chi connectivity index (χ3n) is 3.36. The molecule has 0 unspecified atom stereocenters. The lowest BCUT2D eigenvalue weighted by Crippen LogP contribution is -3.15. The molecule has 2 rings (SSSR count). The van der Waals surface area contributed by atoms with Crippen molar-refractivity contribution in [3.05, 3.63) is 28.2 Å². The van der Waals surface area contributed by atoms with E-state index in [0.29, 0.717) is 31.2 Å². The van der Waals surface area contributed by atoms with Crippen LogP contribution in [0.5, 0.6) is 0 Å². The number of carbonyl (C=O) groups excluding carboxylic acids is 1. The molecule has 1 aromatic carbocycles. The lowest BCUT2D eigenvalue weighted by molar-refractivity contribution is -0.895. The summed E-state index contributed by atoms with van der Waals surface area (Å²) in [6, 6.07) is 4.35. The van der Waals surface area contributed by atoms with Crippen LogP contribution in [-0.4, -0.2) is 51.4 Å². The van der Waals surface area contributed by atoms with Crippen LogP contribution in [0.15, 0.2) is 23.1 Å². The maximum Gasteiger partial charge on any atom is 0.272 e. The third-order valence-corrected chi connectivity index (χ3v) is 5.98. The molecular formula is C12H16Cl2N3O3S+. The molecule has 0 spiro atoms. The van der Waals surface area contributed by atoms with E-state index in [0.717, 1.165) is 4.90 Å². The summed E-state index contributed by atoms with van der Waals surface area (Å²) in [5.74, 6) is -0.390. The second-order valence-corrected chi connectivity index (χ2v) is 7.62. The van der Waals surface area contributed by atoms with Crippen LogP contribution >= 0.6 is 23.2 Å². The fraction of sp³-hybridized carbons (Fsp3) is 0.417. The molecule has 1 fully saturated rings.